The summed E-state index contributed by atoms with van der Waals surface area (Å²) >= 11 is 0. The van der Waals surface area contributed by atoms with Crippen LogP contribution in [0.25, 0.3) is 0 Å². The summed E-state index contributed by atoms with van der Waals surface area (Å²) in [5.74, 6) is 0.719. The molecule has 0 aliphatic carbocycles. The molecule has 10 heteroatoms. The number of methoxy groups -OCH3 is 1. The average molecular weight is 408 g/mol. The van der Waals surface area contributed by atoms with Crippen molar-refractivity contribution in [2.45, 2.75) is 25.3 Å². The van der Waals surface area contributed by atoms with Gasteiger partial charge >= 0.3 is 5.69 Å². The molecule has 0 N–H and O–H groups in total. The Labute approximate surface area is 163 Å². The molecule has 1 aromatic heterocycles. The topological polar surface area (TPSA) is 104 Å². The Morgan fingerprint density at radius 1 is 1.29 bits per heavy atom. The molecule has 2 aromatic rings. The van der Waals surface area contributed by atoms with Gasteiger partial charge in [0.15, 0.2) is 5.78 Å². The monoisotopic (exact) mass is 408 g/mol. The molecule has 1 atom stereocenters. The van der Waals surface area contributed by atoms with E-state index < -0.39 is 15.7 Å². The van der Waals surface area contributed by atoms with E-state index in [-0.39, 0.29) is 24.8 Å². The average Bonchev–Trinajstić information content (AvgIpc) is 2.96. The highest BCUT2D eigenvalue weighted by Gasteiger charge is 2.30. The number of hydrogen-bond acceptors (Lipinski definition) is 6. The molecule has 0 bridgehead atoms. The number of nitrogens with zero attached hydrogens (tertiary/aromatic N) is 4. The molecule has 1 aromatic carbocycles. The van der Waals surface area contributed by atoms with Crippen LogP contribution in [-0.4, -0.2) is 59.3 Å². The van der Waals surface area contributed by atoms with E-state index in [1.807, 2.05) is 0 Å². The van der Waals surface area contributed by atoms with Crippen molar-refractivity contribution >= 4 is 15.8 Å². The van der Waals surface area contributed by atoms with E-state index in [2.05, 4.69) is 5.10 Å². The van der Waals surface area contributed by atoms with E-state index in [0.29, 0.717) is 30.1 Å². The third kappa shape index (κ3) is 4.17. The van der Waals surface area contributed by atoms with E-state index in [1.54, 1.807) is 38.4 Å². The fourth-order valence-corrected chi connectivity index (χ4v) is 4.33. The van der Waals surface area contributed by atoms with E-state index in [9.17, 15) is 18.0 Å². The molecule has 1 aliphatic rings. The van der Waals surface area contributed by atoms with E-state index >= 15 is 0 Å². The first kappa shape index (κ1) is 20.3. The lowest BCUT2D eigenvalue weighted by atomic mass is 9.99. The van der Waals surface area contributed by atoms with Crippen LogP contribution in [0, 0.1) is 0 Å². The maximum Gasteiger partial charge on any atom is 0.346 e. The summed E-state index contributed by atoms with van der Waals surface area (Å²) in [5.41, 5.74) is 0.0640. The van der Waals surface area contributed by atoms with Gasteiger partial charge in [-0.2, -0.15) is 5.10 Å². The molecule has 0 unspecified atom stereocenters. The molecule has 2 heterocycles. The van der Waals surface area contributed by atoms with Crippen molar-refractivity contribution < 1.29 is 17.9 Å². The van der Waals surface area contributed by atoms with E-state index in [4.69, 9.17) is 4.74 Å². The van der Waals surface area contributed by atoms with Gasteiger partial charge in [0.25, 0.3) is 0 Å². The standard InChI is InChI=1S/C18H24N4O5S/c1-20-17(14-5-4-10-21(11-14)28(3,25)26)19-22(18(20)24)12-16(23)13-6-8-15(27-2)9-7-13/h6-9,14H,4-5,10-12H2,1-3H3/t14-/m1/s1. The second-order valence-electron chi connectivity index (χ2n) is 6.97. The molecule has 0 spiro atoms. The second-order valence-corrected chi connectivity index (χ2v) is 8.95. The minimum atomic E-state index is -3.30. The number of benzene rings is 1. The SMILES string of the molecule is COc1ccc(C(=O)Cn2nc([C@@H]3CCCN(S(C)(=O)=O)C3)n(C)c2=O)cc1. The van der Waals surface area contributed by atoms with E-state index in [1.165, 1.54) is 15.1 Å². The van der Waals surface area contributed by atoms with Crippen LogP contribution in [0.5, 0.6) is 5.75 Å². The molecule has 0 amide bonds. The van der Waals surface area contributed by atoms with Crippen LogP contribution in [0.15, 0.2) is 29.1 Å². The molecular formula is C18H24N4O5S. The Morgan fingerprint density at radius 3 is 2.57 bits per heavy atom. The molecule has 1 saturated heterocycles. The van der Waals surface area contributed by atoms with E-state index in [0.717, 1.165) is 11.1 Å². The van der Waals surface area contributed by atoms with Gasteiger partial charge in [0.05, 0.1) is 13.4 Å². The highest BCUT2D eigenvalue weighted by Crippen LogP contribution is 2.26. The molecular weight excluding hydrogens is 384 g/mol. The molecule has 0 radical (unpaired) electrons. The molecule has 9 nitrogen and oxygen atoms in total. The van der Waals surface area contributed by atoms with Crippen LogP contribution >= 0.6 is 0 Å². The van der Waals surface area contributed by atoms with Gasteiger partial charge in [0.1, 0.15) is 18.1 Å². The number of piperidine rings is 1. The minimum absolute atomic E-state index is 0.179. The fourth-order valence-electron chi connectivity index (χ4n) is 3.42. The molecule has 0 saturated carbocycles. The Morgan fingerprint density at radius 2 is 1.96 bits per heavy atom. The van der Waals surface area contributed by atoms with Crippen molar-refractivity contribution in [1.29, 1.82) is 0 Å². The quantitative estimate of drug-likeness (QED) is 0.649. The van der Waals surface area contributed by atoms with Crippen molar-refractivity contribution in [3.8, 4) is 5.75 Å². The lowest BCUT2D eigenvalue weighted by Gasteiger charge is -2.30. The van der Waals surface area contributed by atoms with Gasteiger partial charge in [-0.05, 0) is 37.1 Å². The first-order valence-electron chi connectivity index (χ1n) is 8.97. The van der Waals surface area contributed by atoms with Crippen LogP contribution in [0.4, 0.5) is 0 Å². The summed E-state index contributed by atoms with van der Waals surface area (Å²) in [6.45, 7) is 0.580. The number of hydrogen-bond donors (Lipinski definition) is 0. The zero-order valence-corrected chi connectivity index (χ0v) is 17.0. The second kappa shape index (κ2) is 7.88. The Balaban J connectivity index is 1.81. The minimum Gasteiger partial charge on any atom is -0.497 e. The summed E-state index contributed by atoms with van der Waals surface area (Å²) in [4.78, 5) is 25.0. The van der Waals surface area contributed by atoms with Crippen LogP contribution in [0.2, 0.25) is 0 Å². The summed E-state index contributed by atoms with van der Waals surface area (Å²) < 4.78 is 32.7. The van der Waals surface area contributed by atoms with Gasteiger partial charge in [-0.1, -0.05) is 0 Å². The molecule has 28 heavy (non-hydrogen) atoms. The number of carbonyl (C=O) groups excluding carboxylic acids is 1. The lowest BCUT2D eigenvalue weighted by molar-refractivity contribution is 0.0966. The first-order valence-corrected chi connectivity index (χ1v) is 10.8. The summed E-state index contributed by atoms with van der Waals surface area (Å²) in [7, 11) is -0.157. The lowest BCUT2D eigenvalue weighted by Crippen LogP contribution is -2.39. The van der Waals surface area contributed by atoms with Crippen LogP contribution in [0.3, 0.4) is 0 Å². The summed E-state index contributed by atoms with van der Waals surface area (Å²) in [5, 5.41) is 4.35. The van der Waals surface area contributed by atoms with Crippen molar-refractivity contribution in [3.63, 3.8) is 0 Å². The van der Waals surface area contributed by atoms with Crippen molar-refractivity contribution in [2.24, 2.45) is 7.05 Å². The maximum absolute atomic E-state index is 12.5. The highest BCUT2D eigenvalue weighted by molar-refractivity contribution is 7.88. The van der Waals surface area contributed by atoms with Crippen molar-refractivity contribution in [2.75, 3.05) is 26.5 Å². The Bertz CT molecular complexity index is 1020. The predicted octanol–water partition coefficient (Wildman–Crippen LogP) is 0.612. The van der Waals surface area contributed by atoms with Gasteiger partial charge < -0.3 is 4.74 Å². The number of sulfonamides is 1. The van der Waals surface area contributed by atoms with Gasteiger partial charge in [-0.25, -0.2) is 22.2 Å². The molecule has 1 fully saturated rings. The molecule has 152 valence electrons. The Kier molecular flexibility index (Phi) is 5.71. The van der Waals surface area contributed by atoms with Gasteiger partial charge in [0, 0.05) is 31.6 Å². The largest absolute Gasteiger partial charge is 0.497 e. The van der Waals surface area contributed by atoms with Crippen LogP contribution in [-0.2, 0) is 23.6 Å². The molecule has 1 aliphatic heterocycles. The number of rotatable bonds is 6. The number of aromatic nitrogens is 3. The number of ketones is 1. The van der Waals surface area contributed by atoms with Crippen LogP contribution < -0.4 is 10.4 Å². The first-order chi connectivity index (χ1) is 13.2. The van der Waals surface area contributed by atoms with Crippen molar-refractivity contribution in [1.82, 2.24) is 18.7 Å². The highest BCUT2D eigenvalue weighted by atomic mass is 32.2. The zero-order valence-electron chi connectivity index (χ0n) is 16.2. The van der Waals surface area contributed by atoms with Crippen LogP contribution in [0.1, 0.15) is 34.9 Å². The number of ether oxygens (including phenoxy) is 1. The third-order valence-electron chi connectivity index (χ3n) is 5.00. The number of carbonyl (C=O) groups is 1. The molecule has 3 rings (SSSR count). The van der Waals surface area contributed by atoms with Gasteiger partial charge in [-0.3, -0.25) is 9.36 Å². The number of Topliss-reactive ketones (excluding diaryl/α,β-unsaturated/α-hetero) is 1. The smallest absolute Gasteiger partial charge is 0.346 e. The zero-order chi connectivity index (χ0) is 20.5. The summed E-state index contributed by atoms with van der Waals surface area (Å²) in [6, 6.07) is 6.64. The summed E-state index contributed by atoms with van der Waals surface area (Å²) in [6.07, 6.45) is 2.62. The fraction of sp³-hybridized carbons (Fsp3) is 0.500. The maximum atomic E-state index is 12.5. The third-order valence-corrected chi connectivity index (χ3v) is 6.27. The Hall–Kier alpha value is -2.46. The van der Waals surface area contributed by atoms with Gasteiger partial charge in [-0.15, -0.1) is 0 Å². The van der Waals surface area contributed by atoms with Crippen molar-refractivity contribution in [3.05, 3.63) is 46.1 Å². The normalized spacial score (nSPS) is 18.2. The predicted molar refractivity (Wildman–Crippen MR) is 103 cm³/mol. The van der Waals surface area contributed by atoms with Gasteiger partial charge in [0.2, 0.25) is 10.0 Å².